The Balaban J connectivity index is 1.17. The van der Waals surface area contributed by atoms with Crippen molar-refractivity contribution in [2.75, 3.05) is 0 Å². The second kappa shape index (κ2) is 16.5. The van der Waals surface area contributed by atoms with E-state index in [9.17, 15) is 14.4 Å². The van der Waals surface area contributed by atoms with Crippen LogP contribution < -0.4 is 14.2 Å². The van der Waals surface area contributed by atoms with Gasteiger partial charge in [0.05, 0.1) is 33.8 Å². The first-order valence-corrected chi connectivity index (χ1v) is 18.5. The Bertz CT molecular complexity index is 2230. The van der Waals surface area contributed by atoms with Crippen LogP contribution in [0.2, 0.25) is 0 Å². The van der Waals surface area contributed by atoms with Crippen LogP contribution in [0.15, 0.2) is 159 Å². The monoisotopic (exact) mass is 903 g/mol. The average molecular weight is 906 g/mol. The standard InChI is InChI=1S/C42H24Br3N3O6/c43-34-19-25(37-7-1-4-16-46-37)10-13-31(34)40(49)52-28-22-29(53-41(50)32-14-11-26(20-35(32)44)38-8-2-5-17-47-38)24-30(23-28)54-42(51)33-15-12-27(21-36(33)45)39-9-3-6-18-48-39/h1-24H. The lowest BCUT2D eigenvalue weighted by Gasteiger charge is -2.13. The molecule has 7 aromatic rings. The fraction of sp³-hybridized carbons (Fsp3) is 0. The summed E-state index contributed by atoms with van der Waals surface area (Å²) in [6.45, 7) is 0. The summed E-state index contributed by atoms with van der Waals surface area (Å²) >= 11 is 10.4. The molecule has 3 aromatic heterocycles. The van der Waals surface area contributed by atoms with Gasteiger partial charge in [-0.1, -0.05) is 36.4 Å². The highest BCUT2D eigenvalue weighted by Gasteiger charge is 2.21. The second-order valence-electron chi connectivity index (χ2n) is 11.5. The maximum Gasteiger partial charge on any atom is 0.344 e. The summed E-state index contributed by atoms with van der Waals surface area (Å²) < 4.78 is 18.7. The van der Waals surface area contributed by atoms with Crippen LogP contribution in [-0.2, 0) is 0 Å². The molecule has 0 bridgehead atoms. The van der Waals surface area contributed by atoms with Gasteiger partial charge in [-0.2, -0.15) is 0 Å². The van der Waals surface area contributed by atoms with Crippen molar-refractivity contribution in [1.29, 1.82) is 0 Å². The number of pyridine rings is 3. The van der Waals surface area contributed by atoms with Crippen LogP contribution in [0, 0.1) is 0 Å². The first-order chi connectivity index (χ1) is 26.2. The molecule has 0 saturated heterocycles. The van der Waals surface area contributed by atoms with Crippen LogP contribution in [0.4, 0.5) is 0 Å². The number of aromatic nitrogens is 3. The summed E-state index contributed by atoms with van der Waals surface area (Å²) in [6.07, 6.45) is 5.05. The van der Waals surface area contributed by atoms with Crippen LogP contribution in [0.25, 0.3) is 33.8 Å². The summed E-state index contributed by atoms with van der Waals surface area (Å²) in [4.78, 5) is 53.5. The van der Waals surface area contributed by atoms with Crippen molar-refractivity contribution in [3.8, 4) is 51.0 Å². The Morgan fingerprint density at radius 2 is 0.685 bits per heavy atom. The lowest BCUT2D eigenvalue weighted by molar-refractivity contribution is 0.0729. The van der Waals surface area contributed by atoms with E-state index in [-0.39, 0.29) is 33.9 Å². The molecule has 9 nitrogen and oxygen atoms in total. The van der Waals surface area contributed by atoms with Gasteiger partial charge < -0.3 is 14.2 Å². The van der Waals surface area contributed by atoms with Crippen molar-refractivity contribution in [3.05, 3.63) is 176 Å². The first-order valence-electron chi connectivity index (χ1n) is 16.2. The van der Waals surface area contributed by atoms with Gasteiger partial charge in [0.2, 0.25) is 0 Å². The lowest BCUT2D eigenvalue weighted by Crippen LogP contribution is -2.13. The molecule has 0 unspecified atom stereocenters. The Morgan fingerprint density at radius 3 is 0.926 bits per heavy atom. The Morgan fingerprint density at radius 1 is 0.389 bits per heavy atom. The van der Waals surface area contributed by atoms with Crippen LogP contribution in [-0.4, -0.2) is 32.9 Å². The van der Waals surface area contributed by atoms with E-state index in [0.29, 0.717) is 13.4 Å². The van der Waals surface area contributed by atoms with Crippen LogP contribution in [0.1, 0.15) is 31.1 Å². The number of carbonyl (C=O) groups is 3. The minimum Gasteiger partial charge on any atom is -0.423 e. The fourth-order valence-corrected chi connectivity index (χ4v) is 6.95. The number of carbonyl (C=O) groups excluding carboxylic acids is 3. The van der Waals surface area contributed by atoms with E-state index in [1.807, 2.05) is 54.6 Å². The summed E-state index contributed by atoms with van der Waals surface area (Å²) in [5, 5.41) is 0. The smallest absolute Gasteiger partial charge is 0.344 e. The molecular formula is C42H24Br3N3O6. The molecule has 0 saturated carbocycles. The predicted octanol–water partition coefficient (Wildman–Crippen LogP) is 10.8. The van der Waals surface area contributed by atoms with E-state index in [1.165, 1.54) is 18.2 Å². The zero-order valence-corrected chi connectivity index (χ0v) is 32.5. The molecular weight excluding hydrogens is 882 g/mol. The van der Waals surface area contributed by atoms with Crippen LogP contribution in [0.5, 0.6) is 17.2 Å². The molecule has 3 heterocycles. The Hall–Kier alpha value is -5.82. The summed E-state index contributed by atoms with van der Waals surface area (Å²) in [7, 11) is 0. The van der Waals surface area contributed by atoms with Gasteiger partial charge in [-0.25, -0.2) is 14.4 Å². The molecule has 0 spiro atoms. The Labute approximate surface area is 334 Å². The highest BCUT2D eigenvalue weighted by atomic mass is 79.9. The number of halogens is 3. The fourth-order valence-electron chi connectivity index (χ4n) is 5.33. The number of esters is 3. The van der Waals surface area contributed by atoms with Gasteiger partial charge in [0, 0.05) is 66.9 Å². The molecule has 0 aliphatic heterocycles. The van der Waals surface area contributed by atoms with Gasteiger partial charge >= 0.3 is 17.9 Å². The predicted molar refractivity (Wildman–Crippen MR) is 213 cm³/mol. The second-order valence-corrected chi connectivity index (χ2v) is 14.1. The van der Waals surface area contributed by atoms with Crippen molar-refractivity contribution in [2.45, 2.75) is 0 Å². The molecule has 54 heavy (non-hydrogen) atoms. The van der Waals surface area contributed by atoms with Crippen LogP contribution in [0.3, 0.4) is 0 Å². The number of nitrogens with zero attached hydrogens (tertiary/aromatic N) is 3. The normalized spacial score (nSPS) is 10.7. The van der Waals surface area contributed by atoms with E-state index in [4.69, 9.17) is 14.2 Å². The average Bonchev–Trinajstić information content (AvgIpc) is 3.18. The lowest BCUT2D eigenvalue weighted by atomic mass is 10.1. The van der Waals surface area contributed by atoms with Gasteiger partial charge in [0.25, 0.3) is 0 Å². The first kappa shape index (κ1) is 36.5. The van der Waals surface area contributed by atoms with Gasteiger partial charge in [-0.05, 0) is 121 Å². The topological polar surface area (TPSA) is 118 Å². The molecule has 0 amide bonds. The third-order valence-corrected chi connectivity index (χ3v) is 9.90. The summed E-state index contributed by atoms with van der Waals surface area (Å²) in [6, 6.07) is 36.1. The molecule has 0 atom stereocenters. The molecule has 12 heteroatoms. The van der Waals surface area contributed by atoms with Gasteiger partial charge in [0.15, 0.2) is 0 Å². The van der Waals surface area contributed by atoms with Crippen molar-refractivity contribution in [3.63, 3.8) is 0 Å². The quantitative estimate of drug-likeness (QED) is 0.103. The molecule has 0 N–H and O–H groups in total. The molecule has 264 valence electrons. The van der Waals surface area contributed by atoms with E-state index >= 15 is 0 Å². The largest absolute Gasteiger partial charge is 0.423 e. The zero-order valence-electron chi connectivity index (χ0n) is 27.8. The van der Waals surface area contributed by atoms with E-state index in [2.05, 4.69) is 62.7 Å². The van der Waals surface area contributed by atoms with E-state index < -0.39 is 17.9 Å². The van der Waals surface area contributed by atoms with Gasteiger partial charge in [-0.15, -0.1) is 0 Å². The van der Waals surface area contributed by atoms with Crippen molar-refractivity contribution < 1.29 is 28.6 Å². The molecule has 0 radical (unpaired) electrons. The number of hydrogen-bond acceptors (Lipinski definition) is 9. The van der Waals surface area contributed by atoms with E-state index in [0.717, 1.165) is 33.8 Å². The van der Waals surface area contributed by atoms with Gasteiger partial charge in [0.1, 0.15) is 17.2 Å². The molecule has 0 fully saturated rings. The SMILES string of the molecule is O=C(Oc1cc(OC(=O)c2ccc(-c3ccccn3)cc2Br)cc(OC(=O)c2ccc(-c3ccccn3)cc2Br)c1)c1ccc(-c2ccccn2)cc1Br. The van der Waals surface area contributed by atoms with Gasteiger partial charge in [-0.3, -0.25) is 15.0 Å². The molecule has 7 rings (SSSR count). The molecule has 0 aliphatic carbocycles. The Kier molecular flexibility index (Phi) is 11.1. The molecule has 0 aliphatic rings. The summed E-state index contributed by atoms with van der Waals surface area (Å²) in [5.74, 6) is -2.25. The minimum atomic E-state index is -0.712. The number of ether oxygens (including phenoxy) is 3. The number of benzene rings is 4. The minimum absolute atomic E-state index is 0.0390. The van der Waals surface area contributed by atoms with Crippen molar-refractivity contribution in [1.82, 2.24) is 15.0 Å². The number of rotatable bonds is 9. The highest BCUT2D eigenvalue weighted by molar-refractivity contribution is 9.11. The highest BCUT2D eigenvalue weighted by Crippen LogP contribution is 2.33. The third kappa shape index (κ3) is 8.52. The van der Waals surface area contributed by atoms with Crippen molar-refractivity contribution >= 4 is 65.7 Å². The van der Waals surface area contributed by atoms with Crippen LogP contribution >= 0.6 is 47.8 Å². The maximum atomic E-state index is 13.5. The summed E-state index contributed by atoms with van der Waals surface area (Å²) in [5.41, 5.74) is 5.25. The van der Waals surface area contributed by atoms with E-state index in [1.54, 1.807) is 73.2 Å². The third-order valence-electron chi connectivity index (χ3n) is 7.93. The molecule has 4 aromatic carbocycles. The maximum absolute atomic E-state index is 13.5. The number of hydrogen-bond donors (Lipinski definition) is 0. The van der Waals surface area contributed by atoms with Crippen molar-refractivity contribution in [2.24, 2.45) is 0 Å². The zero-order chi connectivity index (χ0) is 37.6.